The standard InChI is InChI=1S/C16H17N3O/c1-2-6-14-12(4-1)18-16-13(5-3-7-15(16)20-14)19-10-8-17-9-11-19/h1-7,17-18H,8-11H2. The van der Waals surface area contributed by atoms with Gasteiger partial charge in [0.1, 0.15) is 5.69 Å². The zero-order valence-corrected chi connectivity index (χ0v) is 11.2. The lowest BCUT2D eigenvalue weighted by molar-refractivity contribution is 0.480. The summed E-state index contributed by atoms with van der Waals surface area (Å²) in [6.45, 7) is 4.11. The van der Waals surface area contributed by atoms with E-state index in [4.69, 9.17) is 4.74 Å². The molecule has 0 saturated carbocycles. The first-order valence-corrected chi connectivity index (χ1v) is 7.04. The molecule has 2 heterocycles. The summed E-state index contributed by atoms with van der Waals surface area (Å²) in [7, 11) is 0. The highest BCUT2D eigenvalue weighted by atomic mass is 16.5. The molecule has 0 bridgehead atoms. The Morgan fingerprint density at radius 3 is 2.60 bits per heavy atom. The number of piperazine rings is 1. The highest BCUT2D eigenvalue weighted by Crippen LogP contribution is 2.46. The average Bonchev–Trinajstić information content (AvgIpc) is 2.53. The first kappa shape index (κ1) is 11.6. The summed E-state index contributed by atoms with van der Waals surface area (Å²) >= 11 is 0. The van der Waals surface area contributed by atoms with Gasteiger partial charge in [-0.15, -0.1) is 0 Å². The van der Waals surface area contributed by atoms with Gasteiger partial charge in [-0.25, -0.2) is 0 Å². The molecule has 4 heteroatoms. The third kappa shape index (κ3) is 1.89. The number of hydrogen-bond acceptors (Lipinski definition) is 4. The van der Waals surface area contributed by atoms with E-state index in [2.05, 4.69) is 27.7 Å². The molecule has 20 heavy (non-hydrogen) atoms. The highest BCUT2D eigenvalue weighted by Gasteiger charge is 2.22. The quantitative estimate of drug-likeness (QED) is 0.711. The molecule has 2 aliphatic heterocycles. The Bertz CT molecular complexity index is 635. The number of rotatable bonds is 1. The lowest BCUT2D eigenvalue weighted by Crippen LogP contribution is -2.43. The predicted octanol–water partition coefficient (Wildman–Crippen LogP) is 2.95. The van der Waals surface area contributed by atoms with Gasteiger partial charge in [0.2, 0.25) is 0 Å². The van der Waals surface area contributed by atoms with Crippen molar-refractivity contribution in [3.63, 3.8) is 0 Å². The van der Waals surface area contributed by atoms with Gasteiger partial charge >= 0.3 is 0 Å². The summed E-state index contributed by atoms with van der Waals surface area (Å²) < 4.78 is 6.00. The van der Waals surface area contributed by atoms with Gasteiger partial charge in [0.15, 0.2) is 11.5 Å². The van der Waals surface area contributed by atoms with Crippen LogP contribution in [0.2, 0.25) is 0 Å². The molecule has 0 amide bonds. The first-order valence-electron chi connectivity index (χ1n) is 7.04. The van der Waals surface area contributed by atoms with Crippen molar-refractivity contribution < 1.29 is 4.74 Å². The molecule has 1 fully saturated rings. The number of fused-ring (bicyclic) bond motifs is 2. The minimum Gasteiger partial charge on any atom is -0.453 e. The van der Waals surface area contributed by atoms with Gasteiger partial charge in [-0.2, -0.15) is 0 Å². The van der Waals surface area contributed by atoms with Crippen molar-refractivity contribution in [3.05, 3.63) is 42.5 Å². The van der Waals surface area contributed by atoms with Crippen LogP contribution in [0.25, 0.3) is 0 Å². The van der Waals surface area contributed by atoms with Crippen molar-refractivity contribution in [2.24, 2.45) is 0 Å². The molecule has 0 unspecified atom stereocenters. The van der Waals surface area contributed by atoms with Crippen molar-refractivity contribution >= 4 is 17.1 Å². The molecular formula is C16H17N3O. The molecular weight excluding hydrogens is 250 g/mol. The summed E-state index contributed by atoms with van der Waals surface area (Å²) in [6.07, 6.45) is 0. The molecule has 2 aromatic rings. The second-order valence-corrected chi connectivity index (χ2v) is 5.11. The molecule has 2 aromatic carbocycles. The smallest absolute Gasteiger partial charge is 0.153 e. The molecule has 0 spiro atoms. The molecule has 2 aliphatic rings. The van der Waals surface area contributed by atoms with Crippen LogP contribution in [-0.2, 0) is 0 Å². The maximum Gasteiger partial charge on any atom is 0.153 e. The van der Waals surface area contributed by atoms with Gasteiger partial charge in [0, 0.05) is 26.2 Å². The number of para-hydroxylation sites is 3. The summed E-state index contributed by atoms with van der Waals surface area (Å²) in [5, 5.41) is 6.91. The van der Waals surface area contributed by atoms with Crippen LogP contribution >= 0.6 is 0 Å². The van der Waals surface area contributed by atoms with E-state index in [9.17, 15) is 0 Å². The summed E-state index contributed by atoms with van der Waals surface area (Å²) in [4.78, 5) is 2.40. The van der Waals surface area contributed by atoms with Crippen LogP contribution < -0.4 is 20.3 Å². The summed E-state index contributed by atoms with van der Waals surface area (Å²) in [5.41, 5.74) is 3.33. The van der Waals surface area contributed by atoms with Crippen LogP contribution in [0.4, 0.5) is 17.1 Å². The van der Waals surface area contributed by atoms with Crippen LogP contribution in [0, 0.1) is 0 Å². The highest BCUT2D eigenvalue weighted by molar-refractivity contribution is 5.85. The monoisotopic (exact) mass is 267 g/mol. The third-order valence-electron chi connectivity index (χ3n) is 3.83. The normalized spacial score (nSPS) is 16.7. The van der Waals surface area contributed by atoms with Crippen molar-refractivity contribution in [2.75, 3.05) is 36.4 Å². The Balaban J connectivity index is 1.74. The van der Waals surface area contributed by atoms with E-state index in [1.54, 1.807) is 0 Å². The van der Waals surface area contributed by atoms with Crippen molar-refractivity contribution in [3.8, 4) is 11.5 Å². The van der Waals surface area contributed by atoms with E-state index in [1.165, 1.54) is 5.69 Å². The largest absolute Gasteiger partial charge is 0.453 e. The van der Waals surface area contributed by atoms with Gasteiger partial charge in [0.05, 0.1) is 11.4 Å². The minimum absolute atomic E-state index is 0.887. The lowest BCUT2D eigenvalue weighted by Gasteiger charge is -2.33. The Hall–Kier alpha value is -2.20. The molecule has 0 radical (unpaired) electrons. The first-order chi connectivity index (χ1) is 9.92. The Kier molecular flexibility index (Phi) is 2.74. The number of benzene rings is 2. The molecule has 102 valence electrons. The molecule has 0 aromatic heterocycles. The topological polar surface area (TPSA) is 36.5 Å². The van der Waals surface area contributed by atoms with Crippen LogP contribution in [-0.4, -0.2) is 26.2 Å². The van der Waals surface area contributed by atoms with E-state index < -0.39 is 0 Å². The third-order valence-corrected chi connectivity index (χ3v) is 3.83. The number of anilines is 3. The fourth-order valence-corrected chi connectivity index (χ4v) is 2.81. The van der Waals surface area contributed by atoms with Gasteiger partial charge in [-0.3, -0.25) is 0 Å². The number of nitrogens with zero attached hydrogens (tertiary/aromatic N) is 1. The van der Waals surface area contributed by atoms with Gasteiger partial charge in [-0.1, -0.05) is 18.2 Å². The van der Waals surface area contributed by atoms with Crippen molar-refractivity contribution in [1.29, 1.82) is 0 Å². The van der Waals surface area contributed by atoms with E-state index in [0.29, 0.717) is 0 Å². The van der Waals surface area contributed by atoms with Crippen LogP contribution in [0.1, 0.15) is 0 Å². The van der Waals surface area contributed by atoms with Crippen LogP contribution in [0.3, 0.4) is 0 Å². The fraction of sp³-hybridized carbons (Fsp3) is 0.250. The number of hydrogen-bond donors (Lipinski definition) is 2. The van der Waals surface area contributed by atoms with Gasteiger partial charge in [0.25, 0.3) is 0 Å². The fourth-order valence-electron chi connectivity index (χ4n) is 2.81. The maximum atomic E-state index is 6.00. The van der Waals surface area contributed by atoms with E-state index in [1.807, 2.05) is 30.3 Å². The molecule has 4 rings (SSSR count). The Labute approximate surface area is 118 Å². The zero-order valence-electron chi connectivity index (χ0n) is 11.2. The van der Waals surface area contributed by atoms with E-state index in [0.717, 1.165) is 49.1 Å². The molecule has 0 aliphatic carbocycles. The SMILES string of the molecule is c1ccc2c(c1)Nc1c(cccc1N1CCNCC1)O2. The summed E-state index contributed by atoms with van der Waals surface area (Å²) in [6, 6.07) is 14.3. The summed E-state index contributed by atoms with van der Waals surface area (Å²) in [5.74, 6) is 1.79. The Morgan fingerprint density at radius 2 is 1.70 bits per heavy atom. The average molecular weight is 267 g/mol. The molecule has 2 N–H and O–H groups in total. The van der Waals surface area contributed by atoms with Crippen LogP contribution in [0.15, 0.2) is 42.5 Å². The predicted molar refractivity (Wildman–Crippen MR) is 81.3 cm³/mol. The second kappa shape index (κ2) is 4.72. The van der Waals surface area contributed by atoms with Crippen molar-refractivity contribution in [2.45, 2.75) is 0 Å². The van der Waals surface area contributed by atoms with E-state index >= 15 is 0 Å². The number of nitrogens with one attached hydrogen (secondary N) is 2. The van der Waals surface area contributed by atoms with Gasteiger partial charge in [-0.05, 0) is 24.3 Å². The number of ether oxygens (including phenoxy) is 1. The molecule has 4 nitrogen and oxygen atoms in total. The lowest BCUT2D eigenvalue weighted by atomic mass is 10.1. The van der Waals surface area contributed by atoms with Crippen LogP contribution in [0.5, 0.6) is 11.5 Å². The van der Waals surface area contributed by atoms with E-state index in [-0.39, 0.29) is 0 Å². The maximum absolute atomic E-state index is 6.00. The second-order valence-electron chi connectivity index (χ2n) is 5.11. The van der Waals surface area contributed by atoms with Crippen molar-refractivity contribution in [1.82, 2.24) is 5.32 Å². The molecule has 1 saturated heterocycles. The molecule has 0 atom stereocenters. The zero-order chi connectivity index (χ0) is 13.4. The Morgan fingerprint density at radius 1 is 0.900 bits per heavy atom. The van der Waals surface area contributed by atoms with Gasteiger partial charge < -0.3 is 20.3 Å². The minimum atomic E-state index is 0.887.